The maximum atomic E-state index is 12.4. The predicted octanol–water partition coefficient (Wildman–Crippen LogP) is 2.03. The molecule has 0 radical (unpaired) electrons. The van der Waals surface area contributed by atoms with Crippen molar-refractivity contribution in [2.24, 2.45) is 5.41 Å². The summed E-state index contributed by atoms with van der Waals surface area (Å²) in [5, 5.41) is 6.31. The third-order valence-electron chi connectivity index (χ3n) is 3.88. The van der Waals surface area contributed by atoms with Crippen LogP contribution in [0.15, 0.2) is 12.1 Å². The second-order valence-corrected chi connectivity index (χ2v) is 5.10. The maximum Gasteiger partial charge on any atom is 0.231 e. The topological polar surface area (TPSA) is 54.0 Å². The molecular weight excluding hydrogens is 226 g/mol. The van der Waals surface area contributed by atoms with Crippen LogP contribution >= 0.6 is 0 Å². The summed E-state index contributed by atoms with van der Waals surface area (Å²) in [4.78, 5) is 16.8. The highest BCUT2D eigenvalue weighted by Gasteiger charge is 2.39. The normalized spacial score (nSPS) is 23.1. The third-order valence-corrected chi connectivity index (χ3v) is 3.88. The van der Waals surface area contributed by atoms with Crippen LogP contribution in [0, 0.1) is 19.3 Å². The standard InChI is InChI=1S/C14H21N3O/c1-4-14(7-8-15-9-14)13(18)17-12-6-5-10(2)16-11(12)3/h5-6,15H,4,7-9H2,1-3H3,(H,17,18). The molecule has 1 fully saturated rings. The molecule has 18 heavy (non-hydrogen) atoms. The Morgan fingerprint density at radius 3 is 2.83 bits per heavy atom. The Kier molecular flexibility index (Phi) is 3.66. The molecule has 1 unspecified atom stereocenters. The zero-order valence-electron chi connectivity index (χ0n) is 11.3. The van der Waals surface area contributed by atoms with E-state index in [0.717, 1.165) is 43.0 Å². The lowest BCUT2D eigenvalue weighted by Crippen LogP contribution is -2.37. The first-order valence-corrected chi connectivity index (χ1v) is 6.54. The van der Waals surface area contributed by atoms with Crippen molar-refractivity contribution in [1.82, 2.24) is 10.3 Å². The third kappa shape index (κ3) is 2.38. The number of nitrogens with zero attached hydrogens (tertiary/aromatic N) is 1. The summed E-state index contributed by atoms with van der Waals surface area (Å²) >= 11 is 0. The van der Waals surface area contributed by atoms with Crippen LogP contribution in [0.25, 0.3) is 0 Å². The number of carbonyl (C=O) groups excluding carboxylic acids is 1. The van der Waals surface area contributed by atoms with Gasteiger partial charge in [-0.15, -0.1) is 0 Å². The van der Waals surface area contributed by atoms with Crippen molar-refractivity contribution in [2.75, 3.05) is 18.4 Å². The SMILES string of the molecule is CCC1(C(=O)Nc2ccc(C)nc2C)CCNC1. The van der Waals surface area contributed by atoms with Crippen LogP contribution in [-0.4, -0.2) is 24.0 Å². The highest BCUT2D eigenvalue weighted by molar-refractivity contribution is 5.96. The molecule has 4 heteroatoms. The maximum absolute atomic E-state index is 12.4. The number of carbonyl (C=O) groups is 1. The molecule has 98 valence electrons. The van der Waals surface area contributed by atoms with E-state index in [-0.39, 0.29) is 11.3 Å². The van der Waals surface area contributed by atoms with E-state index >= 15 is 0 Å². The number of nitrogens with one attached hydrogen (secondary N) is 2. The van der Waals surface area contributed by atoms with Gasteiger partial charge in [0.05, 0.1) is 16.8 Å². The average Bonchev–Trinajstić information content (AvgIpc) is 2.82. The molecule has 0 aliphatic carbocycles. The van der Waals surface area contributed by atoms with E-state index in [4.69, 9.17) is 0 Å². The van der Waals surface area contributed by atoms with Gasteiger partial charge in [0.15, 0.2) is 0 Å². The molecule has 0 spiro atoms. The summed E-state index contributed by atoms with van der Waals surface area (Å²) in [6.07, 6.45) is 1.78. The molecule has 1 aromatic heterocycles. The molecule has 4 nitrogen and oxygen atoms in total. The van der Waals surface area contributed by atoms with E-state index in [1.807, 2.05) is 26.0 Å². The van der Waals surface area contributed by atoms with Gasteiger partial charge in [-0.25, -0.2) is 0 Å². The fraction of sp³-hybridized carbons (Fsp3) is 0.571. The van der Waals surface area contributed by atoms with Crippen LogP contribution in [0.2, 0.25) is 0 Å². The van der Waals surface area contributed by atoms with Crippen LogP contribution in [0.3, 0.4) is 0 Å². The Morgan fingerprint density at radius 1 is 1.50 bits per heavy atom. The number of amides is 1. The lowest BCUT2D eigenvalue weighted by atomic mass is 9.83. The zero-order chi connectivity index (χ0) is 13.2. The molecule has 1 atom stereocenters. The summed E-state index contributed by atoms with van der Waals surface area (Å²) in [6.45, 7) is 7.65. The Morgan fingerprint density at radius 2 is 2.28 bits per heavy atom. The second kappa shape index (κ2) is 5.06. The van der Waals surface area contributed by atoms with Crippen molar-refractivity contribution >= 4 is 11.6 Å². The van der Waals surface area contributed by atoms with E-state index in [1.165, 1.54) is 0 Å². The zero-order valence-corrected chi connectivity index (χ0v) is 11.3. The van der Waals surface area contributed by atoms with Gasteiger partial charge in [-0.3, -0.25) is 9.78 Å². The van der Waals surface area contributed by atoms with Gasteiger partial charge in [0.1, 0.15) is 0 Å². The molecule has 1 amide bonds. The van der Waals surface area contributed by atoms with Crippen molar-refractivity contribution in [2.45, 2.75) is 33.6 Å². The van der Waals surface area contributed by atoms with E-state index in [2.05, 4.69) is 22.5 Å². The van der Waals surface area contributed by atoms with Gasteiger partial charge >= 0.3 is 0 Å². The monoisotopic (exact) mass is 247 g/mol. The Balaban J connectivity index is 2.15. The number of pyridine rings is 1. The van der Waals surface area contributed by atoms with Crippen LogP contribution in [-0.2, 0) is 4.79 Å². The molecule has 0 aromatic carbocycles. The Hall–Kier alpha value is -1.42. The lowest BCUT2D eigenvalue weighted by Gasteiger charge is -2.25. The molecule has 1 aliphatic heterocycles. The van der Waals surface area contributed by atoms with E-state index in [1.54, 1.807) is 0 Å². The smallest absolute Gasteiger partial charge is 0.231 e. The minimum atomic E-state index is -0.253. The lowest BCUT2D eigenvalue weighted by molar-refractivity contribution is -0.124. The molecule has 2 heterocycles. The molecule has 1 saturated heterocycles. The molecule has 2 rings (SSSR count). The number of hydrogen-bond acceptors (Lipinski definition) is 3. The van der Waals surface area contributed by atoms with Gasteiger partial charge in [0.2, 0.25) is 5.91 Å². The molecular formula is C14H21N3O. The Bertz CT molecular complexity index is 450. The number of aromatic nitrogens is 1. The largest absolute Gasteiger partial charge is 0.324 e. The van der Waals surface area contributed by atoms with E-state index in [9.17, 15) is 4.79 Å². The minimum Gasteiger partial charge on any atom is -0.324 e. The predicted molar refractivity (Wildman–Crippen MR) is 72.6 cm³/mol. The minimum absolute atomic E-state index is 0.115. The van der Waals surface area contributed by atoms with Crippen LogP contribution in [0.1, 0.15) is 31.2 Å². The molecule has 1 aliphatic rings. The fourth-order valence-corrected chi connectivity index (χ4v) is 2.47. The summed E-state index contributed by atoms with van der Waals surface area (Å²) in [6, 6.07) is 3.86. The van der Waals surface area contributed by atoms with Gasteiger partial charge in [-0.05, 0) is 45.4 Å². The van der Waals surface area contributed by atoms with Crippen LogP contribution in [0.4, 0.5) is 5.69 Å². The number of aryl methyl sites for hydroxylation is 2. The first-order chi connectivity index (χ1) is 8.57. The van der Waals surface area contributed by atoms with Gasteiger partial charge < -0.3 is 10.6 Å². The first-order valence-electron chi connectivity index (χ1n) is 6.54. The summed E-state index contributed by atoms with van der Waals surface area (Å²) in [5.74, 6) is 0.115. The summed E-state index contributed by atoms with van der Waals surface area (Å²) in [7, 11) is 0. The summed E-state index contributed by atoms with van der Waals surface area (Å²) < 4.78 is 0. The first kappa shape index (κ1) is 13.0. The number of rotatable bonds is 3. The highest BCUT2D eigenvalue weighted by atomic mass is 16.2. The van der Waals surface area contributed by atoms with E-state index in [0.29, 0.717) is 0 Å². The number of hydrogen-bond donors (Lipinski definition) is 2. The van der Waals surface area contributed by atoms with Gasteiger partial charge in [0.25, 0.3) is 0 Å². The van der Waals surface area contributed by atoms with Crippen LogP contribution in [0.5, 0.6) is 0 Å². The number of anilines is 1. The van der Waals surface area contributed by atoms with Crippen molar-refractivity contribution < 1.29 is 4.79 Å². The van der Waals surface area contributed by atoms with E-state index < -0.39 is 0 Å². The van der Waals surface area contributed by atoms with Crippen molar-refractivity contribution in [3.05, 3.63) is 23.5 Å². The van der Waals surface area contributed by atoms with Crippen LogP contribution < -0.4 is 10.6 Å². The quantitative estimate of drug-likeness (QED) is 0.859. The van der Waals surface area contributed by atoms with Gasteiger partial charge in [-0.2, -0.15) is 0 Å². The van der Waals surface area contributed by atoms with Gasteiger partial charge in [-0.1, -0.05) is 6.92 Å². The van der Waals surface area contributed by atoms with Crippen molar-refractivity contribution in [3.8, 4) is 0 Å². The molecule has 0 saturated carbocycles. The van der Waals surface area contributed by atoms with Gasteiger partial charge in [0, 0.05) is 12.2 Å². The molecule has 2 N–H and O–H groups in total. The Labute approximate surface area is 108 Å². The fourth-order valence-electron chi connectivity index (χ4n) is 2.47. The molecule has 0 bridgehead atoms. The second-order valence-electron chi connectivity index (χ2n) is 5.10. The van der Waals surface area contributed by atoms with Crippen molar-refractivity contribution in [1.29, 1.82) is 0 Å². The van der Waals surface area contributed by atoms with Crippen molar-refractivity contribution in [3.63, 3.8) is 0 Å². The summed E-state index contributed by atoms with van der Waals surface area (Å²) in [5.41, 5.74) is 2.42. The average molecular weight is 247 g/mol. The molecule has 1 aromatic rings. The highest BCUT2D eigenvalue weighted by Crippen LogP contribution is 2.31.